The third-order valence-corrected chi connectivity index (χ3v) is 2.64. The van der Waals surface area contributed by atoms with E-state index in [9.17, 15) is 0 Å². The first kappa shape index (κ1) is 13.8. The van der Waals surface area contributed by atoms with Crippen molar-refractivity contribution in [3.05, 3.63) is 18.1 Å². The van der Waals surface area contributed by atoms with Gasteiger partial charge >= 0.3 is 0 Å². The number of aromatic nitrogens is 2. The third-order valence-electron chi connectivity index (χ3n) is 2.43. The number of unbranched alkanes of at least 4 members (excludes halogenated alkanes) is 2. The Morgan fingerprint density at radius 3 is 2.65 bits per heavy atom. The minimum absolute atomic E-state index is 0.256. The lowest BCUT2D eigenvalue weighted by atomic mass is 10.2. The third kappa shape index (κ3) is 4.62. The lowest BCUT2D eigenvalue weighted by Crippen LogP contribution is -2.21. The summed E-state index contributed by atoms with van der Waals surface area (Å²) in [5.41, 5.74) is 5.98. The van der Waals surface area contributed by atoms with Crippen molar-refractivity contribution in [1.82, 2.24) is 9.97 Å². The van der Waals surface area contributed by atoms with E-state index < -0.39 is 0 Å². The molecule has 17 heavy (non-hydrogen) atoms. The summed E-state index contributed by atoms with van der Waals surface area (Å²) in [4.78, 5) is 10.7. The average Bonchev–Trinajstić information content (AvgIpc) is 2.34. The van der Waals surface area contributed by atoms with Crippen LogP contribution in [0.1, 0.15) is 25.0 Å². The molecule has 0 aliphatic carbocycles. The molecule has 1 aromatic rings. The molecule has 0 spiro atoms. The molecule has 0 aromatic carbocycles. The van der Waals surface area contributed by atoms with Gasteiger partial charge in [0.25, 0.3) is 0 Å². The predicted octanol–water partition coefficient (Wildman–Crippen LogP) is 0.710. The summed E-state index contributed by atoms with van der Waals surface area (Å²) in [7, 11) is 1.96. The predicted molar refractivity (Wildman–Crippen MR) is 72.1 cm³/mol. The largest absolute Gasteiger partial charge is 0.396 e. The number of aliphatic hydroxyl groups is 1. The summed E-state index contributed by atoms with van der Waals surface area (Å²) < 4.78 is 0. The Kier molecular flexibility index (Phi) is 5.79. The topological polar surface area (TPSA) is 75.3 Å². The van der Waals surface area contributed by atoms with E-state index in [4.69, 9.17) is 23.1 Å². The van der Waals surface area contributed by atoms with E-state index in [1.807, 2.05) is 11.9 Å². The van der Waals surface area contributed by atoms with Crippen molar-refractivity contribution < 1.29 is 5.11 Å². The normalized spacial score (nSPS) is 10.2. The van der Waals surface area contributed by atoms with Crippen LogP contribution in [0.15, 0.2) is 12.4 Å². The maximum absolute atomic E-state index is 8.67. The zero-order chi connectivity index (χ0) is 12.7. The van der Waals surface area contributed by atoms with Gasteiger partial charge in [-0.05, 0) is 19.3 Å². The van der Waals surface area contributed by atoms with Gasteiger partial charge in [-0.2, -0.15) is 0 Å². The molecular formula is C11H18N4OS. The Bertz CT molecular complexity index is 355. The second-order valence-corrected chi connectivity index (χ2v) is 4.27. The molecule has 94 valence electrons. The van der Waals surface area contributed by atoms with Crippen LogP contribution >= 0.6 is 12.2 Å². The van der Waals surface area contributed by atoms with Crippen LogP contribution in [0.2, 0.25) is 0 Å². The molecular weight excluding hydrogens is 236 g/mol. The Labute approximate surface area is 107 Å². The Morgan fingerprint density at radius 2 is 2.12 bits per heavy atom. The molecule has 1 rings (SSSR count). The van der Waals surface area contributed by atoms with Crippen LogP contribution in [-0.4, -0.2) is 40.3 Å². The molecule has 0 fully saturated rings. The molecule has 1 aromatic heterocycles. The van der Waals surface area contributed by atoms with Crippen LogP contribution in [0.5, 0.6) is 0 Å². The van der Waals surface area contributed by atoms with E-state index in [1.54, 1.807) is 12.4 Å². The summed E-state index contributed by atoms with van der Waals surface area (Å²) in [6.45, 7) is 1.15. The van der Waals surface area contributed by atoms with Gasteiger partial charge in [0.2, 0.25) is 0 Å². The summed E-state index contributed by atoms with van der Waals surface area (Å²) >= 11 is 4.81. The Hall–Kier alpha value is -1.27. The van der Waals surface area contributed by atoms with Crippen LogP contribution in [-0.2, 0) is 0 Å². The van der Waals surface area contributed by atoms with E-state index in [1.165, 1.54) is 0 Å². The molecule has 0 bridgehead atoms. The molecule has 0 radical (unpaired) electrons. The fourth-order valence-electron chi connectivity index (χ4n) is 1.40. The number of anilines is 1. The highest BCUT2D eigenvalue weighted by Crippen LogP contribution is 2.08. The van der Waals surface area contributed by atoms with Gasteiger partial charge in [0.1, 0.15) is 16.5 Å². The van der Waals surface area contributed by atoms with Crippen LogP contribution < -0.4 is 10.6 Å². The van der Waals surface area contributed by atoms with Crippen molar-refractivity contribution in [3.8, 4) is 0 Å². The average molecular weight is 254 g/mol. The zero-order valence-corrected chi connectivity index (χ0v) is 10.8. The molecule has 0 saturated carbocycles. The molecule has 0 aliphatic rings. The summed E-state index contributed by atoms with van der Waals surface area (Å²) in [6, 6.07) is 0. The summed E-state index contributed by atoms with van der Waals surface area (Å²) in [5, 5.41) is 8.67. The highest BCUT2D eigenvalue weighted by atomic mass is 32.1. The Morgan fingerprint density at radius 1 is 1.35 bits per heavy atom. The van der Waals surface area contributed by atoms with Gasteiger partial charge in [-0.1, -0.05) is 12.2 Å². The van der Waals surface area contributed by atoms with E-state index in [-0.39, 0.29) is 11.6 Å². The molecule has 0 aliphatic heterocycles. The van der Waals surface area contributed by atoms with Crippen molar-refractivity contribution in [2.45, 2.75) is 19.3 Å². The molecule has 5 nitrogen and oxygen atoms in total. The number of hydrogen-bond donors (Lipinski definition) is 2. The number of hydrogen-bond acceptors (Lipinski definition) is 5. The van der Waals surface area contributed by atoms with Gasteiger partial charge in [-0.3, -0.25) is 0 Å². The van der Waals surface area contributed by atoms with Crippen molar-refractivity contribution in [2.75, 3.05) is 25.1 Å². The van der Waals surface area contributed by atoms with Crippen molar-refractivity contribution in [1.29, 1.82) is 0 Å². The van der Waals surface area contributed by atoms with Crippen LogP contribution in [0.3, 0.4) is 0 Å². The van der Waals surface area contributed by atoms with Crippen molar-refractivity contribution in [2.24, 2.45) is 5.73 Å². The fourth-order valence-corrected chi connectivity index (χ4v) is 1.50. The highest BCUT2D eigenvalue weighted by Gasteiger charge is 2.04. The lowest BCUT2D eigenvalue weighted by molar-refractivity contribution is 0.283. The number of nitrogens with zero attached hydrogens (tertiary/aromatic N) is 3. The fraction of sp³-hybridized carbons (Fsp3) is 0.545. The number of thiocarbonyl (C=S) groups is 1. The molecule has 3 N–H and O–H groups in total. The van der Waals surface area contributed by atoms with Crippen LogP contribution in [0.25, 0.3) is 0 Å². The highest BCUT2D eigenvalue weighted by molar-refractivity contribution is 7.80. The van der Waals surface area contributed by atoms with Crippen molar-refractivity contribution >= 4 is 23.0 Å². The first-order chi connectivity index (χ1) is 8.15. The monoisotopic (exact) mass is 254 g/mol. The number of nitrogens with two attached hydrogens (primary N) is 1. The summed E-state index contributed by atoms with van der Waals surface area (Å²) in [6.07, 6.45) is 6.14. The zero-order valence-electron chi connectivity index (χ0n) is 9.96. The summed E-state index contributed by atoms with van der Waals surface area (Å²) in [5.74, 6) is 0.800. The molecule has 0 amide bonds. The smallest absolute Gasteiger partial charge is 0.146 e. The van der Waals surface area contributed by atoms with Crippen LogP contribution in [0, 0.1) is 0 Å². The SMILES string of the molecule is CN(CCCCCO)c1cnc(C(N)=S)cn1. The van der Waals surface area contributed by atoms with E-state index in [2.05, 4.69) is 9.97 Å². The van der Waals surface area contributed by atoms with Gasteiger partial charge in [0.05, 0.1) is 12.4 Å². The lowest BCUT2D eigenvalue weighted by Gasteiger charge is -2.17. The first-order valence-electron chi connectivity index (χ1n) is 5.59. The molecule has 1 heterocycles. The quantitative estimate of drug-likeness (QED) is 0.551. The van der Waals surface area contributed by atoms with E-state index in [0.29, 0.717) is 5.69 Å². The van der Waals surface area contributed by atoms with E-state index >= 15 is 0 Å². The van der Waals surface area contributed by atoms with E-state index in [0.717, 1.165) is 31.6 Å². The molecule has 6 heteroatoms. The number of aliphatic hydroxyl groups excluding tert-OH is 1. The number of rotatable bonds is 7. The molecule has 0 saturated heterocycles. The standard InChI is InChI=1S/C11H18N4OS/c1-15(5-3-2-4-6-16)10-8-13-9(7-14-10)11(12)17/h7-8,16H,2-6H2,1H3,(H2,12,17). The first-order valence-corrected chi connectivity index (χ1v) is 6.00. The van der Waals surface area contributed by atoms with Crippen LogP contribution in [0.4, 0.5) is 5.82 Å². The van der Waals surface area contributed by atoms with Crippen molar-refractivity contribution in [3.63, 3.8) is 0 Å². The molecule has 0 atom stereocenters. The maximum atomic E-state index is 8.67. The van der Waals surface area contributed by atoms with Gasteiger partial charge < -0.3 is 15.7 Å². The van der Waals surface area contributed by atoms with Gasteiger partial charge in [0, 0.05) is 20.2 Å². The minimum Gasteiger partial charge on any atom is -0.396 e. The Balaban J connectivity index is 2.46. The minimum atomic E-state index is 0.256. The maximum Gasteiger partial charge on any atom is 0.146 e. The second-order valence-electron chi connectivity index (χ2n) is 3.83. The molecule has 0 unspecified atom stereocenters. The van der Waals surface area contributed by atoms with Gasteiger partial charge in [-0.15, -0.1) is 0 Å². The second kappa shape index (κ2) is 7.13. The van der Waals surface area contributed by atoms with Gasteiger partial charge in [-0.25, -0.2) is 9.97 Å². The van der Waals surface area contributed by atoms with Gasteiger partial charge in [0.15, 0.2) is 0 Å².